The van der Waals surface area contributed by atoms with Gasteiger partial charge in [0.25, 0.3) is 0 Å². The normalized spacial score (nSPS) is 22.4. The van der Waals surface area contributed by atoms with E-state index in [1.807, 2.05) is 18.2 Å². The van der Waals surface area contributed by atoms with Crippen molar-refractivity contribution in [1.82, 2.24) is 10.3 Å². The summed E-state index contributed by atoms with van der Waals surface area (Å²) in [6, 6.07) is 5.81. The van der Waals surface area contributed by atoms with Gasteiger partial charge < -0.3 is 10.4 Å². The summed E-state index contributed by atoms with van der Waals surface area (Å²) in [5, 5.41) is 12.9. The fourth-order valence-electron chi connectivity index (χ4n) is 2.06. The Labute approximate surface area is 118 Å². The second-order valence-electron chi connectivity index (χ2n) is 4.98. The molecule has 0 radical (unpaired) electrons. The average molecular weight is 280 g/mol. The van der Waals surface area contributed by atoms with Crippen LogP contribution in [0.1, 0.15) is 25.0 Å². The second kappa shape index (κ2) is 6.91. The number of hydrogen-bond acceptors (Lipinski definition) is 4. The highest BCUT2D eigenvalue weighted by atomic mass is 32.2. The van der Waals surface area contributed by atoms with Gasteiger partial charge in [0, 0.05) is 30.6 Å². The summed E-state index contributed by atoms with van der Waals surface area (Å²) in [7, 11) is 0. The van der Waals surface area contributed by atoms with Crippen LogP contribution in [-0.4, -0.2) is 39.6 Å². The van der Waals surface area contributed by atoms with Gasteiger partial charge >= 0.3 is 0 Å². The Morgan fingerprint density at radius 2 is 2.42 bits per heavy atom. The number of nitrogens with one attached hydrogen (secondary N) is 1. The molecule has 5 heteroatoms. The molecule has 1 aromatic heterocycles. The van der Waals surface area contributed by atoms with Gasteiger partial charge in [0.1, 0.15) is 0 Å². The van der Waals surface area contributed by atoms with E-state index in [-0.39, 0.29) is 5.91 Å². The van der Waals surface area contributed by atoms with Crippen LogP contribution in [0.25, 0.3) is 0 Å². The predicted molar refractivity (Wildman–Crippen MR) is 77.1 cm³/mol. The van der Waals surface area contributed by atoms with Crippen LogP contribution in [0.4, 0.5) is 0 Å². The number of aryl methyl sites for hydroxylation is 1. The Bertz CT molecular complexity index is 405. The van der Waals surface area contributed by atoms with Gasteiger partial charge in [-0.25, -0.2) is 0 Å². The van der Waals surface area contributed by atoms with E-state index in [9.17, 15) is 9.90 Å². The topological polar surface area (TPSA) is 62.2 Å². The van der Waals surface area contributed by atoms with E-state index < -0.39 is 5.60 Å². The third-order valence-electron chi connectivity index (χ3n) is 3.26. The summed E-state index contributed by atoms with van der Waals surface area (Å²) in [5.74, 6) is 1.72. The van der Waals surface area contributed by atoms with Crippen molar-refractivity contribution in [2.45, 2.75) is 31.3 Å². The van der Waals surface area contributed by atoms with Gasteiger partial charge in [-0.3, -0.25) is 9.78 Å². The molecule has 1 aliphatic rings. The molecule has 0 aromatic carbocycles. The smallest absolute Gasteiger partial charge is 0.220 e. The number of aromatic nitrogens is 1. The molecule has 0 aliphatic carbocycles. The number of hydrogen-bond donors (Lipinski definition) is 2. The Morgan fingerprint density at radius 1 is 1.53 bits per heavy atom. The van der Waals surface area contributed by atoms with E-state index in [4.69, 9.17) is 0 Å². The zero-order valence-corrected chi connectivity index (χ0v) is 11.8. The molecule has 0 saturated carbocycles. The highest BCUT2D eigenvalue weighted by Crippen LogP contribution is 2.26. The van der Waals surface area contributed by atoms with Crippen LogP contribution in [0.5, 0.6) is 0 Å². The summed E-state index contributed by atoms with van der Waals surface area (Å²) in [5.41, 5.74) is 0.322. The molecule has 0 bridgehead atoms. The molecular formula is C14H20N2O2S. The maximum Gasteiger partial charge on any atom is 0.220 e. The van der Waals surface area contributed by atoms with Crippen molar-refractivity contribution in [1.29, 1.82) is 0 Å². The van der Waals surface area contributed by atoms with Crippen LogP contribution in [-0.2, 0) is 11.2 Å². The van der Waals surface area contributed by atoms with Gasteiger partial charge in [-0.2, -0.15) is 11.8 Å². The molecule has 1 atom stereocenters. The molecule has 19 heavy (non-hydrogen) atoms. The minimum atomic E-state index is -0.693. The quantitative estimate of drug-likeness (QED) is 0.826. The van der Waals surface area contributed by atoms with Crippen LogP contribution in [0, 0.1) is 0 Å². The number of amides is 1. The van der Waals surface area contributed by atoms with E-state index >= 15 is 0 Å². The maximum absolute atomic E-state index is 11.7. The monoisotopic (exact) mass is 280 g/mol. The van der Waals surface area contributed by atoms with E-state index in [1.54, 1.807) is 18.0 Å². The molecule has 2 N–H and O–H groups in total. The third-order valence-corrected chi connectivity index (χ3v) is 4.49. The van der Waals surface area contributed by atoms with E-state index in [1.165, 1.54) is 0 Å². The van der Waals surface area contributed by atoms with Crippen molar-refractivity contribution in [2.24, 2.45) is 0 Å². The van der Waals surface area contributed by atoms with Crippen molar-refractivity contribution < 1.29 is 9.90 Å². The molecule has 104 valence electrons. The Morgan fingerprint density at radius 3 is 3.11 bits per heavy atom. The van der Waals surface area contributed by atoms with Gasteiger partial charge in [0.05, 0.1) is 5.60 Å². The van der Waals surface area contributed by atoms with Gasteiger partial charge in [0.2, 0.25) is 5.91 Å². The Balaban J connectivity index is 1.62. The number of nitrogens with zero attached hydrogens (tertiary/aromatic N) is 1. The highest BCUT2D eigenvalue weighted by molar-refractivity contribution is 7.99. The number of thioether (sulfide) groups is 1. The van der Waals surface area contributed by atoms with Crippen molar-refractivity contribution in [3.05, 3.63) is 30.1 Å². The lowest BCUT2D eigenvalue weighted by Crippen LogP contribution is -2.42. The van der Waals surface area contributed by atoms with Crippen LogP contribution >= 0.6 is 11.8 Å². The minimum absolute atomic E-state index is 0.0151. The van der Waals surface area contributed by atoms with E-state index in [0.717, 1.165) is 36.5 Å². The lowest BCUT2D eigenvalue weighted by Gasteiger charge is -2.21. The maximum atomic E-state index is 11.7. The molecule has 2 rings (SSSR count). The van der Waals surface area contributed by atoms with E-state index in [0.29, 0.717) is 13.0 Å². The number of rotatable bonds is 6. The number of carbonyl (C=O) groups excluding carboxylic acids is 1. The number of aliphatic hydroxyl groups is 1. The predicted octanol–water partition coefficient (Wildman–Crippen LogP) is 1.39. The lowest BCUT2D eigenvalue weighted by molar-refractivity contribution is -0.122. The summed E-state index contributed by atoms with van der Waals surface area (Å²) in [4.78, 5) is 15.9. The summed E-state index contributed by atoms with van der Waals surface area (Å²) in [6.07, 6.45) is 4.62. The van der Waals surface area contributed by atoms with Crippen LogP contribution in [0.3, 0.4) is 0 Å². The molecule has 1 fully saturated rings. The lowest BCUT2D eigenvalue weighted by atomic mass is 10.0. The number of pyridine rings is 1. The largest absolute Gasteiger partial charge is 0.387 e. The van der Waals surface area contributed by atoms with Gasteiger partial charge in [-0.1, -0.05) is 6.07 Å². The van der Waals surface area contributed by atoms with Crippen LogP contribution in [0.2, 0.25) is 0 Å². The van der Waals surface area contributed by atoms with Gasteiger partial charge in [-0.05, 0) is 37.1 Å². The molecule has 1 amide bonds. The Hall–Kier alpha value is -1.07. The first-order valence-corrected chi connectivity index (χ1v) is 7.80. The molecular weight excluding hydrogens is 260 g/mol. The summed E-state index contributed by atoms with van der Waals surface area (Å²) >= 11 is 1.74. The van der Waals surface area contributed by atoms with Gasteiger partial charge in [0.15, 0.2) is 0 Å². The third kappa shape index (κ3) is 4.84. The van der Waals surface area contributed by atoms with Crippen molar-refractivity contribution >= 4 is 17.7 Å². The zero-order valence-electron chi connectivity index (χ0n) is 11.0. The molecule has 0 spiro atoms. The minimum Gasteiger partial charge on any atom is -0.387 e. The first-order valence-electron chi connectivity index (χ1n) is 6.65. The molecule has 1 aromatic rings. The fraction of sp³-hybridized carbons (Fsp3) is 0.571. The van der Waals surface area contributed by atoms with Crippen LogP contribution < -0.4 is 5.32 Å². The molecule has 4 nitrogen and oxygen atoms in total. The Kier molecular flexibility index (Phi) is 5.22. The zero-order chi connectivity index (χ0) is 13.6. The molecule has 2 heterocycles. The molecule has 1 saturated heterocycles. The first kappa shape index (κ1) is 14.3. The van der Waals surface area contributed by atoms with Gasteiger partial charge in [-0.15, -0.1) is 0 Å². The average Bonchev–Trinajstić information content (AvgIpc) is 2.85. The highest BCUT2D eigenvalue weighted by Gasteiger charge is 2.31. The molecule has 1 unspecified atom stereocenters. The van der Waals surface area contributed by atoms with E-state index in [2.05, 4.69) is 10.3 Å². The number of carbonyl (C=O) groups is 1. The second-order valence-corrected chi connectivity index (χ2v) is 6.08. The van der Waals surface area contributed by atoms with Crippen molar-refractivity contribution in [3.63, 3.8) is 0 Å². The van der Waals surface area contributed by atoms with Crippen LogP contribution in [0.15, 0.2) is 24.4 Å². The molecule has 1 aliphatic heterocycles. The standard InChI is InChI=1S/C14H20N2O2S/c17-13(16-10-14(18)7-9-19-11-14)6-3-5-12-4-1-2-8-15-12/h1-2,4,8,18H,3,5-7,9-11H2,(H,16,17). The van der Waals surface area contributed by atoms with Crippen molar-refractivity contribution in [3.8, 4) is 0 Å². The fourth-order valence-corrected chi connectivity index (χ4v) is 3.36. The first-order chi connectivity index (χ1) is 9.18. The summed E-state index contributed by atoms with van der Waals surface area (Å²) < 4.78 is 0. The SMILES string of the molecule is O=C(CCCc1ccccn1)NCC1(O)CCSC1. The summed E-state index contributed by atoms with van der Waals surface area (Å²) in [6.45, 7) is 0.377. The van der Waals surface area contributed by atoms with Crippen molar-refractivity contribution in [2.75, 3.05) is 18.1 Å².